The summed E-state index contributed by atoms with van der Waals surface area (Å²) < 4.78 is 0. The minimum Gasteiger partial charge on any atom is -0.260 e. The molecule has 0 aliphatic carbocycles. The van der Waals surface area contributed by atoms with Gasteiger partial charge in [0.1, 0.15) is 10.2 Å². The van der Waals surface area contributed by atoms with Gasteiger partial charge in [0.05, 0.1) is 16.9 Å². The Kier molecular flexibility index (Phi) is 3.98. The van der Waals surface area contributed by atoms with Crippen LogP contribution in [0.2, 0.25) is 10.2 Å². The van der Waals surface area contributed by atoms with Crippen molar-refractivity contribution in [3.05, 3.63) is 46.6 Å². The van der Waals surface area contributed by atoms with E-state index in [2.05, 4.69) is 15.0 Å². The molecular weight excluding hydrogens is 265 g/mol. The van der Waals surface area contributed by atoms with Gasteiger partial charge < -0.3 is 0 Å². The number of thioether (sulfide) groups is 1. The molecule has 0 spiro atoms. The highest BCUT2D eigenvalue weighted by molar-refractivity contribution is 7.98. The summed E-state index contributed by atoms with van der Waals surface area (Å²) in [6, 6.07) is 3.41. The number of hydrogen-bond donors (Lipinski definition) is 0. The third kappa shape index (κ3) is 3.07. The van der Waals surface area contributed by atoms with Crippen molar-refractivity contribution < 1.29 is 0 Å². The molecule has 3 nitrogen and oxygen atoms in total. The van der Waals surface area contributed by atoms with Crippen LogP contribution in [0.4, 0.5) is 0 Å². The molecule has 16 heavy (non-hydrogen) atoms. The zero-order valence-corrected chi connectivity index (χ0v) is 10.4. The number of pyridine rings is 1. The Hall–Kier alpha value is -0.840. The van der Waals surface area contributed by atoms with E-state index in [1.165, 1.54) is 11.8 Å². The van der Waals surface area contributed by atoms with Crippen LogP contribution in [-0.2, 0) is 5.75 Å². The highest BCUT2D eigenvalue weighted by Gasteiger charge is 2.04. The molecule has 0 unspecified atom stereocenters. The zero-order chi connectivity index (χ0) is 11.4. The molecule has 0 N–H and O–H groups in total. The van der Waals surface area contributed by atoms with E-state index in [1.807, 2.05) is 0 Å². The average molecular weight is 272 g/mol. The fourth-order valence-corrected chi connectivity index (χ4v) is 2.25. The smallest absolute Gasteiger partial charge is 0.129 e. The maximum Gasteiger partial charge on any atom is 0.129 e. The first-order chi connectivity index (χ1) is 7.75. The topological polar surface area (TPSA) is 38.7 Å². The zero-order valence-electron chi connectivity index (χ0n) is 8.10. The van der Waals surface area contributed by atoms with E-state index in [1.54, 1.807) is 30.7 Å². The maximum atomic E-state index is 5.99. The van der Waals surface area contributed by atoms with E-state index in [0.717, 1.165) is 10.7 Å². The van der Waals surface area contributed by atoms with E-state index >= 15 is 0 Å². The number of aromatic nitrogens is 3. The summed E-state index contributed by atoms with van der Waals surface area (Å²) >= 11 is 13.3. The van der Waals surface area contributed by atoms with E-state index in [4.69, 9.17) is 23.2 Å². The Morgan fingerprint density at radius 3 is 2.81 bits per heavy atom. The molecule has 82 valence electrons. The molecule has 0 atom stereocenters. The van der Waals surface area contributed by atoms with Crippen LogP contribution in [0.1, 0.15) is 5.69 Å². The molecule has 0 aliphatic heterocycles. The van der Waals surface area contributed by atoms with Gasteiger partial charge in [-0.05, 0) is 12.1 Å². The van der Waals surface area contributed by atoms with Gasteiger partial charge in [0.25, 0.3) is 0 Å². The van der Waals surface area contributed by atoms with Crippen molar-refractivity contribution in [1.29, 1.82) is 0 Å². The van der Waals surface area contributed by atoms with E-state index in [0.29, 0.717) is 15.9 Å². The Morgan fingerprint density at radius 1 is 1.19 bits per heavy atom. The number of rotatable bonds is 3. The molecule has 0 amide bonds. The fourth-order valence-electron chi connectivity index (χ4n) is 1.06. The Bertz CT molecular complexity index is 479. The van der Waals surface area contributed by atoms with Gasteiger partial charge in [-0.3, -0.25) is 4.98 Å². The Labute approximate surface area is 107 Å². The van der Waals surface area contributed by atoms with Crippen molar-refractivity contribution in [3.8, 4) is 0 Å². The van der Waals surface area contributed by atoms with Crippen LogP contribution in [0.5, 0.6) is 0 Å². The standard InChI is InChI=1S/C10H7Cl2N3S/c11-7-1-2-9(12)15-8(7)6-16-10-5-13-3-4-14-10/h1-5H,6H2. The van der Waals surface area contributed by atoms with Gasteiger partial charge in [-0.25, -0.2) is 9.97 Å². The van der Waals surface area contributed by atoms with Gasteiger partial charge in [-0.15, -0.1) is 0 Å². The van der Waals surface area contributed by atoms with Crippen LogP contribution in [0.15, 0.2) is 35.7 Å². The lowest BCUT2D eigenvalue weighted by atomic mass is 10.4. The summed E-state index contributed by atoms with van der Waals surface area (Å²) in [7, 11) is 0. The minimum atomic E-state index is 0.444. The third-order valence-electron chi connectivity index (χ3n) is 1.78. The van der Waals surface area contributed by atoms with Crippen LogP contribution in [0.25, 0.3) is 0 Å². The van der Waals surface area contributed by atoms with Gasteiger partial charge in [0.15, 0.2) is 0 Å². The van der Waals surface area contributed by atoms with Crippen molar-refractivity contribution >= 4 is 35.0 Å². The summed E-state index contributed by atoms with van der Waals surface area (Å²) in [5.41, 5.74) is 0.754. The Morgan fingerprint density at radius 2 is 2.06 bits per heavy atom. The van der Waals surface area contributed by atoms with Crippen LogP contribution in [0.3, 0.4) is 0 Å². The molecule has 2 aromatic rings. The first kappa shape index (κ1) is 11.6. The number of hydrogen-bond acceptors (Lipinski definition) is 4. The molecule has 2 aromatic heterocycles. The van der Waals surface area contributed by atoms with Crippen LogP contribution in [-0.4, -0.2) is 15.0 Å². The fraction of sp³-hybridized carbons (Fsp3) is 0.100. The summed E-state index contributed by atoms with van der Waals surface area (Å²) in [6.45, 7) is 0. The van der Waals surface area contributed by atoms with Crippen molar-refractivity contribution in [2.24, 2.45) is 0 Å². The molecule has 2 rings (SSSR count). The molecule has 0 radical (unpaired) electrons. The predicted molar refractivity (Wildman–Crippen MR) is 65.9 cm³/mol. The second-order valence-electron chi connectivity index (χ2n) is 2.89. The summed E-state index contributed by atoms with van der Waals surface area (Å²) in [6.07, 6.45) is 4.98. The van der Waals surface area contributed by atoms with Gasteiger partial charge >= 0.3 is 0 Å². The van der Waals surface area contributed by atoms with Crippen LogP contribution in [0, 0.1) is 0 Å². The van der Waals surface area contributed by atoms with E-state index in [9.17, 15) is 0 Å². The summed E-state index contributed by atoms with van der Waals surface area (Å²) in [4.78, 5) is 12.3. The van der Waals surface area contributed by atoms with Crippen LogP contribution >= 0.6 is 35.0 Å². The molecular formula is C10H7Cl2N3S. The third-order valence-corrected chi connectivity index (χ3v) is 3.26. The summed E-state index contributed by atoms with van der Waals surface area (Å²) in [5.74, 6) is 0.623. The molecule has 0 aliphatic rings. The summed E-state index contributed by atoms with van der Waals surface area (Å²) in [5, 5.41) is 1.89. The second kappa shape index (κ2) is 5.48. The molecule has 0 saturated heterocycles. The van der Waals surface area contributed by atoms with Gasteiger partial charge in [-0.1, -0.05) is 35.0 Å². The first-order valence-electron chi connectivity index (χ1n) is 4.45. The number of halogens is 2. The molecule has 0 aromatic carbocycles. The highest BCUT2D eigenvalue weighted by atomic mass is 35.5. The minimum absolute atomic E-state index is 0.444. The van der Waals surface area contributed by atoms with Crippen molar-refractivity contribution in [2.75, 3.05) is 0 Å². The normalized spacial score (nSPS) is 10.4. The molecule has 0 fully saturated rings. The SMILES string of the molecule is Clc1ccc(Cl)c(CSc2cnccn2)n1. The van der Waals surface area contributed by atoms with Crippen LogP contribution < -0.4 is 0 Å². The highest BCUT2D eigenvalue weighted by Crippen LogP contribution is 2.24. The Balaban J connectivity index is 2.08. The monoisotopic (exact) mass is 271 g/mol. The average Bonchev–Trinajstić information content (AvgIpc) is 2.32. The molecule has 6 heteroatoms. The van der Waals surface area contributed by atoms with Gasteiger partial charge in [-0.2, -0.15) is 0 Å². The molecule has 0 bridgehead atoms. The largest absolute Gasteiger partial charge is 0.260 e. The molecule has 2 heterocycles. The van der Waals surface area contributed by atoms with Crippen molar-refractivity contribution in [3.63, 3.8) is 0 Å². The molecule has 0 saturated carbocycles. The number of nitrogens with zero attached hydrogens (tertiary/aromatic N) is 3. The lowest BCUT2D eigenvalue weighted by Gasteiger charge is -2.02. The maximum absolute atomic E-state index is 5.99. The predicted octanol–water partition coefficient (Wildman–Crippen LogP) is 3.47. The van der Waals surface area contributed by atoms with Crippen molar-refractivity contribution in [1.82, 2.24) is 15.0 Å². The van der Waals surface area contributed by atoms with E-state index < -0.39 is 0 Å². The van der Waals surface area contributed by atoms with Gasteiger partial charge in [0, 0.05) is 18.1 Å². The van der Waals surface area contributed by atoms with Crippen molar-refractivity contribution in [2.45, 2.75) is 10.8 Å². The first-order valence-corrected chi connectivity index (χ1v) is 6.19. The lowest BCUT2D eigenvalue weighted by Crippen LogP contribution is -1.90. The second-order valence-corrected chi connectivity index (χ2v) is 4.68. The van der Waals surface area contributed by atoms with E-state index in [-0.39, 0.29) is 0 Å². The lowest BCUT2D eigenvalue weighted by molar-refractivity contribution is 1.05. The van der Waals surface area contributed by atoms with Gasteiger partial charge in [0.2, 0.25) is 0 Å². The quantitative estimate of drug-likeness (QED) is 0.633.